The Hall–Kier alpha value is -0.960. The highest BCUT2D eigenvalue weighted by molar-refractivity contribution is 7.99. The lowest BCUT2D eigenvalue weighted by Gasteiger charge is -2.07. The molecule has 0 bridgehead atoms. The lowest BCUT2D eigenvalue weighted by molar-refractivity contribution is 0.111. The molecule has 0 unspecified atom stereocenters. The van der Waals surface area contributed by atoms with E-state index >= 15 is 0 Å². The van der Waals surface area contributed by atoms with E-state index in [1.165, 1.54) is 0 Å². The van der Waals surface area contributed by atoms with Crippen LogP contribution in [0.2, 0.25) is 0 Å². The van der Waals surface area contributed by atoms with E-state index in [1.807, 2.05) is 30.0 Å². The highest BCUT2D eigenvalue weighted by Gasteiger charge is 2.00. The minimum atomic E-state index is 0.626. The molecule has 82 valence electrons. The van der Waals surface area contributed by atoms with E-state index in [2.05, 4.69) is 6.92 Å². The Bertz CT molecular complexity index is 299. The van der Waals surface area contributed by atoms with Gasteiger partial charge in [-0.2, -0.15) is 11.8 Å². The lowest BCUT2D eigenvalue weighted by Crippen LogP contribution is -2.01. The monoisotopic (exact) mass is 224 g/mol. The number of ether oxygens (including phenoxy) is 1. The molecule has 0 fully saturated rings. The Morgan fingerprint density at radius 3 is 2.93 bits per heavy atom. The molecule has 0 amide bonds. The molecule has 0 spiro atoms. The van der Waals surface area contributed by atoms with Gasteiger partial charge in [0.15, 0.2) is 6.29 Å². The molecule has 0 aliphatic rings. The highest BCUT2D eigenvalue weighted by atomic mass is 32.2. The normalized spacial score (nSPS) is 9.93. The van der Waals surface area contributed by atoms with E-state index in [4.69, 9.17) is 4.74 Å². The van der Waals surface area contributed by atoms with E-state index in [1.54, 1.807) is 6.07 Å². The minimum absolute atomic E-state index is 0.626. The first-order valence-electron chi connectivity index (χ1n) is 5.13. The van der Waals surface area contributed by atoms with Gasteiger partial charge in [0.1, 0.15) is 5.75 Å². The first-order chi connectivity index (χ1) is 7.38. The standard InChI is InChI=1S/C12H16O2S/c1-2-15-9-5-8-14-12-7-4-3-6-11(12)10-13/h3-4,6-7,10H,2,5,8-9H2,1H3. The van der Waals surface area contributed by atoms with Gasteiger partial charge in [0.25, 0.3) is 0 Å². The predicted molar refractivity (Wildman–Crippen MR) is 64.9 cm³/mol. The van der Waals surface area contributed by atoms with Crippen LogP contribution < -0.4 is 4.74 Å². The van der Waals surface area contributed by atoms with Crippen molar-refractivity contribution in [1.82, 2.24) is 0 Å². The molecule has 1 aromatic rings. The van der Waals surface area contributed by atoms with Gasteiger partial charge in [0.2, 0.25) is 0 Å². The zero-order valence-electron chi connectivity index (χ0n) is 8.94. The highest BCUT2D eigenvalue weighted by Crippen LogP contribution is 2.15. The maximum atomic E-state index is 10.7. The summed E-state index contributed by atoms with van der Waals surface area (Å²) < 4.78 is 5.53. The van der Waals surface area contributed by atoms with Crippen LogP contribution >= 0.6 is 11.8 Å². The Morgan fingerprint density at radius 1 is 1.40 bits per heavy atom. The molecule has 0 aliphatic carbocycles. The maximum Gasteiger partial charge on any atom is 0.153 e. The maximum absolute atomic E-state index is 10.7. The number of benzene rings is 1. The summed E-state index contributed by atoms with van der Waals surface area (Å²) in [7, 11) is 0. The number of rotatable bonds is 7. The third kappa shape index (κ3) is 4.38. The van der Waals surface area contributed by atoms with Gasteiger partial charge < -0.3 is 4.74 Å². The van der Waals surface area contributed by atoms with Gasteiger partial charge in [0, 0.05) is 0 Å². The lowest BCUT2D eigenvalue weighted by atomic mass is 10.2. The molecule has 0 saturated carbocycles. The van der Waals surface area contributed by atoms with E-state index in [0.717, 1.165) is 24.2 Å². The summed E-state index contributed by atoms with van der Waals surface area (Å²) in [6.45, 7) is 2.82. The molecule has 0 aliphatic heterocycles. The van der Waals surface area contributed by atoms with Gasteiger partial charge in [-0.1, -0.05) is 19.1 Å². The van der Waals surface area contributed by atoms with Crippen LogP contribution in [0.3, 0.4) is 0 Å². The van der Waals surface area contributed by atoms with Crippen LogP contribution in [-0.2, 0) is 0 Å². The Morgan fingerprint density at radius 2 is 2.20 bits per heavy atom. The molecule has 0 N–H and O–H groups in total. The first-order valence-corrected chi connectivity index (χ1v) is 6.28. The molecule has 0 heterocycles. The van der Waals surface area contributed by atoms with Crippen LogP contribution in [0.25, 0.3) is 0 Å². The van der Waals surface area contributed by atoms with E-state index in [-0.39, 0.29) is 0 Å². The van der Waals surface area contributed by atoms with Gasteiger partial charge >= 0.3 is 0 Å². The van der Waals surface area contributed by atoms with Crippen molar-refractivity contribution in [3.8, 4) is 5.75 Å². The number of para-hydroxylation sites is 1. The van der Waals surface area contributed by atoms with Gasteiger partial charge in [0.05, 0.1) is 12.2 Å². The first kappa shape index (κ1) is 12.1. The molecule has 15 heavy (non-hydrogen) atoms. The molecular formula is C12H16O2S. The van der Waals surface area contributed by atoms with Crippen molar-refractivity contribution in [1.29, 1.82) is 0 Å². The molecular weight excluding hydrogens is 208 g/mol. The summed E-state index contributed by atoms with van der Waals surface area (Å²) in [5, 5.41) is 0. The zero-order chi connectivity index (χ0) is 10.9. The summed E-state index contributed by atoms with van der Waals surface area (Å²) in [5.74, 6) is 2.94. The Balaban J connectivity index is 2.33. The number of carbonyl (C=O) groups is 1. The fourth-order valence-electron chi connectivity index (χ4n) is 1.20. The number of thioether (sulfide) groups is 1. The van der Waals surface area contributed by atoms with Crippen LogP contribution in [-0.4, -0.2) is 24.4 Å². The van der Waals surface area contributed by atoms with Crippen molar-refractivity contribution >= 4 is 18.0 Å². The third-order valence-electron chi connectivity index (χ3n) is 1.94. The Kier molecular flexibility index (Phi) is 5.93. The molecule has 0 atom stereocenters. The fraction of sp³-hybridized carbons (Fsp3) is 0.417. The van der Waals surface area contributed by atoms with E-state index in [9.17, 15) is 4.79 Å². The largest absolute Gasteiger partial charge is 0.493 e. The second-order valence-corrected chi connectivity index (χ2v) is 4.45. The average molecular weight is 224 g/mol. The second-order valence-electron chi connectivity index (χ2n) is 3.05. The van der Waals surface area contributed by atoms with Gasteiger partial charge in [-0.05, 0) is 30.1 Å². The van der Waals surface area contributed by atoms with Gasteiger partial charge in [-0.15, -0.1) is 0 Å². The molecule has 2 nitrogen and oxygen atoms in total. The number of aldehydes is 1. The summed E-state index contributed by atoms with van der Waals surface area (Å²) in [5.41, 5.74) is 0.626. The second kappa shape index (κ2) is 7.35. The topological polar surface area (TPSA) is 26.3 Å². The van der Waals surface area contributed by atoms with Crippen LogP contribution in [0.4, 0.5) is 0 Å². The van der Waals surface area contributed by atoms with Crippen LogP contribution in [0.1, 0.15) is 23.7 Å². The SMILES string of the molecule is CCSCCCOc1ccccc1C=O. The van der Waals surface area contributed by atoms with Gasteiger partial charge in [-0.3, -0.25) is 4.79 Å². The predicted octanol–water partition coefficient (Wildman–Crippen LogP) is 3.02. The van der Waals surface area contributed by atoms with Crippen molar-refractivity contribution in [2.75, 3.05) is 18.1 Å². The Labute approximate surface area is 95.0 Å². The van der Waals surface area contributed by atoms with E-state index < -0.39 is 0 Å². The quantitative estimate of drug-likeness (QED) is 0.526. The van der Waals surface area contributed by atoms with Crippen molar-refractivity contribution < 1.29 is 9.53 Å². The molecule has 3 heteroatoms. The fourth-order valence-corrected chi connectivity index (χ4v) is 1.81. The van der Waals surface area contributed by atoms with Crippen molar-refractivity contribution in [2.45, 2.75) is 13.3 Å². The third-order valence-corrected chi connectivity index (χ3v) is 2.93. The van der Waals surface area contributed by atoms with Crippen molar-refractivity contribution in [3.05, 3.63) is 29.8 Å². The van der Waals surface area contributed by atoms with Crippen LogP contribution in [0, 0.1) is 0 Å². The average Bonchev–Trinajstić information content (AvgIpc) is 2.29. The summed E-state index contributed by atoms with van der Waals surface area (Å²) >= 11 is 1.90. The smallest absolute Gasteiger partial charge is 0.153 e. The molecule has 0 saturated heterocycles. The van der Waals surface area contributed by atoms with Crippen LogP contribution in [0.5, 0.6) is 5.75 Å². The molecule has 0 radical (unpaired) electrons. The number of carbonyl (C=O) groups excluding carboxylic acids is 1. The molecule has 1 aromatic carbocycles. The van der Waals surface area contributed by atoms with E-state index in [0.29, 0.717) is 17.9 Å². The summed E-state index contributed by atoms with van der Waals surface area (Å²) in [4.78, 5) is 10.7. The minimum Gasteiger partial charge on any atom is -0.493 e. The molecule has 0 aromatic heterocycles. The zero-order valence-corrected chi connectivity index (χ0v) is 9.76. The molecule has 1 rings (SSSR count). The van der Waals surface area contributed by atoms with Crippen LogP contribution in [0.15, 0.2) is 24.3 Å². The number of hydrogen-bond donors (Lipinski definition) is 0. The van der Waals surface area contributed by atoms with Gasteiger partial charge in [-0.25, -0.2) is 0 Å². The van der Waals surface area contributed by atoms with Crippen molar-refractivity contribution in [2.24, 2.45) is 0 Å². The van der Waals surface area contributed by atoms with Crippen molar-refractivity contribution in [3.63, 3.8) is 0 Å². The summed E-state index contributed by atoms with van der Waals surface area (Å²) in [6, 6.07) is 7.31. The number of hydrogen-bond acceptors (Lipinski definition) is 3. The summed E-state index contributed by atoms with van der Waals surface area (Å²) in [6.07, 6.45) is 1.85.